The summed E-state index contributed by atoms with van der Waals surface area (Å²) in [6.07, 6.45) is 0. The third-order valence-corrected chi connectivity index (χ3v) is 4.20. The zero-order valence-electron chi connectivity index (χ0n) is 12.4. The Morgan fingerprint density at radius 2 is 1.95 bits per heavy atom. The summed E-state index contributed by atoms with van der Waals surface area (Å²) < 4.78 is 12.3. The number of amides is 1. The van der Waals surface area contributed by atoms with Crippen molar-refractivity contribution >= 4 is 27.5 Å². The van der Waals surface area contributed by atoms with E-state index in [1.807, 2.05) is 43.3 Å². The molecule has 0 aliphatic carbocycles. The van der Waals surface area contributed by atoms with Gasteiger partial charge in [-0.3, -0.25) is 4.79 Å². The second-order valence-electron chi connectivity index (χ2n) is 5.51. The monoisotopic (exact) mass is 361 g/mol. The first-order valence-corrected chi connectivity index (χ1v) is 7.76. The van der Waals surface area contributed by atoms with Crippen LogP contribution < -0.4 is 14.8 Å². The standard InChI is InChI=1S/C17H16BrNO3/c1-11-7-8-13(12(18)9-11)19-16(20)17(2)10-21-14-5-3-4-6-15(14)22-17/h3-9H,10H2,1-2H3,(H,19,20). The van der Waals surface area contributed by atoms with Crippen LogP contribution in [0.15, 0.2) is 46.9 Å². The van der Waals surface area contributed by atoms with Gasteiger partial charge in [-0.2, -0.15) is 0 Å². The Morgan fingerprint density at radius 3 is 2.68 bits per heavy atom. The number of halogens is 1. The number of nitrogens with one attached hydrogen (secondary N) is 1. The molecule has 4 nitrogen and oxygen atoms in total. The first kappa shape index (κ1) is 14.9. The fourth-order valence-corrected chi connectivity index (χ4v) is 2.82. The van der Waals surface area contributed by atoms with Crippen LogP contribution in [0.25, 0.3) is 0 Å². The minimum Gasteiger partial charge on any atom is -0.485 e. The van der Waals surface area contributed by atoms with Crippen molar-refractivity contribution in [2.24, 2.45) is 0 Å². The highest BCUT2D eigenvalue weighted by Gasteiger charge is 2.40. The first-order chi connectivity index (χ1) is 10.5. The van der Waals surface area contributed by atoms with Crippen LogP contribution in [0.5, 0.6) is 11.5 Å². The zero-order chi connectivity index (χ0) is 15.7. The number of fused-ring (bicyclic) bond motifs is 1. The lowest BCUT2D eigenvalue weighted by molar-refractivity contribution is -0.134. The highest BCUT2D eigenvalue weighted by atomic mass is 79.9. The first-order valence-electron chi connectivity index (χ1n) is 6.96. The van der Waals surface area contributed by atoms with Crippen LogP contribution in [0.2, 0.25) is 0 Å². The fourth-order valence-electron chi connectivity index (χ4n) is 2.23. The third kappa shape index (κ3) is 2.81. The Balaban J connectivity index is 1.80. The molecule has 0 spiro atoms. The summed E-state index contributed by atoms with van der Waals surface area (Å²) in [5.41, 5.74) is 0.750. The van der Waals surface area contributed by atoms with Crippen molar-refractivity contribution in [3.8, 4) is 11.5 Å². The number of hydrogen-bond donors (Lipinski definition) is 1. The van der Waals surface area contributed by atoms with E-state index in [-0.39, 0.29) is 12.5 Å². The highest BCUT2D eigenvalue weighted by Crippen LogP contribution is 2.35. The number of aryl methyl sites for hydroxylation is 1. The molecule has 1 amide bonds. The van der Waals surface area contributed by atoms with Crippen molar-refractivity contribution in [2.75, 3.05) is 11.9 Å². The van der Waals surface area contributed by atoms with Crippen LogP contribution in [0.4, 0.5) is 5.69 Å². The summed E-state index contributed by atoms with van der Waals surface area (Å²) in [4.78, 5) is 12.6. The van der Waals surface area contributed by atoms with Gasteiger partial charge < -0.3 is 14.8 Å². The number of carbonyl (C=O) groups is 1. The molecule has 2 aromatic rings. The molecule has 5 heteroatoms. The van der Waals surface area contributed by atoms with E-state index in [0.717, 1.165) is 10.0 Å². The highest BCUT2D eigenvalue weighted by molar-refractivity contribution is 9.10. The molecule has 0 saturated heterocycles. The van der Waals surface area contributed by atoms with Crippen molar-refractivity contribution in [2.45, 2.75) is 19.4 Å². The molecule has 114 valence electrons. The summed E-state index contributed by atoms with van der Waals surface area (Å²) >= 11 is 3.46. The number of carbonyl (C=O) groups excluding carboxylic acids is 1. The molecule has 0 fully saturated rings. The van der Waals surface area contributed by atoms with Gasteiger partial charge in [0.2, 0.25) is 5.60 Å². The third-order valence-electron chi connectivity index (χ3n) is 3.54. The Kier molecular flexibility index (Phi) is 3.83. The molecular formula is C17H16BrNO3. The summed E-state index contributed by atoms with van der Waals surface area (Å²) in [7, 11) is 0. The second kappa shape index (κ2) is 5.65. The number of para-hydroxylation sites is 2. The van der Waals surface area contributed by atoms with Crippen molar-refractivity contribution < 1.29 is 14.3 Å². The van der Waals surface area contributed by atoms with Crippen LogP contribution in [-0.4, -0.2) is 18.1 Å². The Labute approximate surface area is 137 Å². The van der Waals surface area contributed by atoms with Gasteiger partial charge in [0, 0.05) is 4.47 Å². The number of ether oxygens (including phenoxy) is 2. The molecule has 1 unspecified atom stereocenters. The lowest BCUT2D eigenvalue weighted by atomic mass is 10.1. The summed E-state index contributed by atoms with van der Waals surface area (Å²) in [6, 6.07) is 13.1. The number of anilines is 1. The van der Waals surface area contributed by atoms with Gasteiger partial charge in [-0.25, -0.2) is 0 Å². The van der Waals surface area contributed by atoms with Gasteiger partial charge in [0.1, 0.15) is 6.61 Å². The van der Waals surface area contributed by atoms with Gasteiger partial charge in [0.25, 0.3) is 5.91 Å². The molecule has 1 aliphatic rings. The molecule has 0 saturated carbocycles. The van der Waals surface area contributed by atoms with Gasteiger partial charge >= 0.3 is 0 Å². The van der Waals surface area contributed by atoms with Crippen LogP contribution in [-0.2, 0) is 4.79 Å². The quantitative estimate of drug-likeness (QED) is 0.881. The van der Waals surface area contributed by atoms with Crippen molar-refractivity contribution in [3.05, 3.63) is 52.5 Å². The van der Waals surface area contributed by atoms with Gasteiger partial charge in [-0.15, -0.1) is 0 Å². The van der Waals surface area contributed by atoms with Gasteiger partial charge in [-0.1, -0.05) is 18.2 Å². The average Bonchev–Trinajstić information content (AvgIpc) is 2.50. The minimum absolute atomic E-state index is 0.166. The zero-order valence-corrected chi connectivity index (χ0v) is 13.9. The summed E-state index contributed by atoms with van der Waals surface area (Å²) in [5.74, 6) is 0.991. The predicted octanol–water partition coefficient (Wildman–Crippen LogP) is 3.93. The van der Waals surface area contributed by atoms with Crippen molar-refractivity contribution in [1.82, 2.24) is 0 Å². The molecule has 22 heavy (non-hydrogen) atoms. The molecule has 1 aliphatic heterocycles. The lowest BCUT2D eigenvalue weighted by Gasteiger charge is -2.34. The SMILES string of the molecule is Cc1ccc(NC(=O)C2(C)COc3ccccc3O2)c(Br)c1. The predicted molar refractivity (Wildman–Crippen MR) is 88.5 cm³/mol. The van der Waals surface area contributed by atoms with Crippen LogP contribution in [0.3, 0.4) is 0 Å². The molecule has 1 atom stereocenters. The lowest BCUT2D eigenvalue weighted by Crippen LogP contribution is -2.52. The molecule has 2 aromatic carbocycles. The topological polar surface area (TPSA) is 47.6 Å². The fraction of sp³-hybridized carbons (Fsp3) is 0.235. The maximum Gasteiger partial charge on any atom is 0.271 e. The molecule has 3 rings (SSSR count). The maximum absolute atomic E-state index is 12.6. The Bertz CT molecular complexity index is 732. The van der Waals surface area contributed by atoms with E-state index in [1.54, 1.807) is 13.0 Å². The van der Waals surface area contributed by atoms with E-state index >= 15 is 0 Å². The maximum atomic E-state index is 12.6. The van der Waals surface area contributed by atoms with Crippen molar-refractivity contribution in [3.63, 3.8) is 0 Å². The Hall–Kier alpha value is -2.01. The van der Waals surface area contributed by atoms with E-state index in [1.165, 1.54) is 0 Å². The second-order valence-corrected chi connectivity index (χ2v) is 6.36. The molecule has 0 radical (unpaired) electrons. The van der Waals surface area contributed by atoms with Crippen LogP contribution in [0, 0.1) is 6.92 Å². The Morgan fingerprint density at radius 1 is 1.23 bits per heavy atom. The van der Waals surface area contributed by atoms with Gasteiger partial charge in [-0.05, 0) is 59.6 Å². The van der Waals surface area contributed by atoms with Gasteiger partial charge in [0.05, 0.1) is 5.69 Å². The van der Waals surface area contributed by atoms with E-state index in [2.05, 4.69) is 21.2 Å². The summed E-state index contributed by atoms with van der Waals surface area (Å²) in [6.45, 7) is 3.88. The largest absolute Gasteiger partial charge is 0.485 e. The van der Waals surface area contributed by atoms with E-state index in [4.69, 9.17) is 9.47 Å². The number of benzene rings is 2. The van der Waals surface area contributed by atoms with Crippen molar-refractivity contribution in [1.29, 1.82) is 0 Å². The van der Waals surface area contributed by atoms with E-state index < -0.39 is 5.60 Å². The molecule has 1 N–H and O–H groups in total. The van der Waals surface area contributed by atoms with Crippen LogP contribution in [0.1, 0.15) is 12.5 Å². The van der Waals surface area contributed by atoms with Crippen LogP contribution >= 0.6 is 15.9 Å². The minimum atomic E-state index is -1.07. The smallest absolute Gasteiger partial charge is 0.271 e. The average molecular weight is 362 g/mol. The van der Waals surface area contributed by atoms with E-state index in [9.17, 15) is 4.79 Å². The molecular weight excluding hydrogens is 346 g/mol. The molecule has 0 bridgehead atoms. The summed E-state index contributed by atoms with van der Waals surface area (Å²) in [5, 5.41) is 2.89. The normalized spacial score (nSPS) is 19.6. The molecule has 1 heterocycles. The molecule has 0 aromatic heterocycles. The van der Waals surface area contributed by atoms with Gasteiger partial charge in [0.15, 0.2) is 11.5 Å². The number of rotatable bonds is 2. The van der Waals surface area contributed by atoms with E-state index in [0.29, 0.717) is 17.2 Å². The number of hydrogen-bond acceptors (Lipinski definition) is 3.